The van der Waals surface area contributed by atoms with Crippen molar-refractivity contribution in [3.63, 3.8) is 0 Å². The lowest BCUT2D eigenvalue weighted by atomic mass is 10.1. The maximum atomic E-state index is 12.1. The number of hydrogen-bond acceptors (Lipinski definition) is 5. The predicted octanol–water partition coefficient (Wildman–Crippen LogP) is 3.50. The first-order chi connectivity index (χ1) is 12.4. The largest absolute Gasteiger partial charge is 0.497 e. The van der Waals surface area contributed by atoms with Crippen molar-refractivity contribution < 1.29 is 23.8 Å². The Kier molecular flexibility index (Phi) is 7.03. The van der Waals surface area contributed by atoms with Crippen LogP contribution >= 0.6 is 15.9 Å². The van der Waals surface area contributed by atoms with Crippen LogP contribution in [0.3, 0.4) is 0 Å². The Morgan fingerprint density at radius 2 is 1.88 bits per heavy atom. The number of esters is 1. The zero-order chi connectivity index (χ0) is 19.1. The minimum Gasteiger partial charge on any atom is -0.497 e. The van der Waals surface area contributed by atoms with Crippen molar-refractivity contribution >= 4 is 27.8 Å². The second kappa shape index (κ2) is 9.24. The van der Waals surface area contributed by atoms with Crippen molar-refractivity contribution in [1.29, 1.82) is 0 Å². The van der Waals surface area contributed by atoms with E-state index in [-0.39, 0.29) is 12.6 Å². The number of nitrogens with one attached hydrogen (secondary N) is 1. The van der Waals surface area contributed by atoms with Gasteiger partial charge in [0.25, 0.3) is 5.91 Å². The van der Waals surface area contributed by atoms with Gasteiger partial charge in [0.05, 0.1) is 25.8 Å². The first-order valence-corrected chi connectivity index (χ1v) is 8.68. The van der Waals surface area contributed by atoms with Crippen molar-refractivity contribution in [2.45, 2.75) is 13.0 Å². The summed E-state index contributed by atoms with van der Waals surface area (Å²) in [6.45, 7) is 1.44. The zero-order valence-electron chi connectivity index (χ0n) is 14.7. The van der Waals surface area contributed by atoms with Crippen LogP contribution in [0.1, 0.15) is 28.9 Å². The summed E-state index contributed by atoms with van der Waals surface area (Å²) in [5.41, 5.74) is 1.13. The van der Waals surface area contributed by atoms with Gasteiger partial charge >= 0.3 is 5.97 Å². The molecular formula is C19H20BrNO5. The number of ether oxygens (including phenoxy) is 3. The van der Waals surface area contributed by atoms with Crippen LogP contribution in [0, 0.1) is 0 Å². The first kappa shape index (κ1) is 19.8. The van der Waals surface area contributed by atoms with Crippen LogP contribution < -0.4 is 14.8 Å². The molecule has 1 N–H and O–H groups in total. The van der Waals surface area contributed by atoms with Gasteiger partial charge in [0, 0.05) is 10.0 Å². The molecule has 6 nitrogen and oxygen atoms in total. The zero-order valence-corrected chi connectivity index (χ0v) is 16.3. The molecular weight excluding hydrogens is 402 g/mol. The van der Waals surface area contributed by atoms with Crippen molar-refractivity contribution in [3.8, 4) is 11.5 Å². The van der Waals surface area contributed by atoms with Crippen LogP contribution in [0.5, 0.6) is 11.5 Å². The Hall–Kier alpha value is -2.54. The molecule has 0 aliphatic carbocycles. The third-order valence-corrected chi connectivity index (χ3v) is 4.17. The highest BCUT2D eigenvalue weighted by Crippen LogP contribution is 2.29. The molecule has 0 fully saturated rings. The van der Waals surface area contributed by atoms with Crippen LogP contribution in [0.25, 0.3) is 0 Å². The molecule has 0 spiro atoms. The van der Waals surface area contributed by atoms with E-state index in [1.54, 1.807) is 56.7 Å². The Labute approximate surface area is 160 Å². The smallest absolute Gasteiger partial charge is 0.338 e. The molecule has 2 rings (SSSR count). The van der Waals surface area contributed by atoms with E-state index >= 15 is 0 Å². The minimum atomic E-state index is -0.562. The average Bonchev–Trinajstić information content (AvgIpc) is 2.65. The number of carbonyl (C=O) groups excluding carboxylic acids is 2. The van der Waals surface area contributed by atoms with E-state index in [0.717, 1.165) is 10.0 Å². The van der Waals surface area contributed by atoms with Crippen molar-refractivity contribution in [3.05, 3.63) is 58.1 Å². The van der Waals surface area contributed by atoms with Gasteiger partial charge < -0.3 is 19.5 Å². The molecule has 1 amide bonds. The SMILES string of the molecule is COc1ccc(OC)c(C(C)NC(=O)COC(=O)c2cccc(Br)c2)c1. The highest BCUT2D eigenvalue weighted by Gasteiger charge is 2.17. The lowest BCUT2D eigenvalue weighted by Crippen LogP contribution is -2.31. The van der Waals surface area contributed by atoms with Crippen LogP contribution in [-0.4, -0.2) is 32.7 Å². The quantitative estimate of drug-likeness (QED) is 0.692. The maximum absolute atomic E-state index is 12.1. The van der Waals surface area contributed by atoms with E-state index < -0.39 is 11.9 Å². The number of rotatable bonds is 7. The number of hydrogen-bond donors (Lipinski definition) is 1. The Bertz CT molecular complexity index is 793. The summed E-state index contributed by atoms with van der Waals surface area (Å²) in [4.78, 5) is 24.1. The monoisotopic (exact) mass is 421 g/mol. The van der Waals surface area contributed by atoms with Crippen molar-refractivity contribution in [2.75, 3.05) is 20.8 Å². The Morgan fingerprint density at radius 3 is 2.54 bits per heavy atom. The highest BCUT2D eigenvalue weighted by molar-refractivity contribution is 9.10. The van der Waals surface area contributed by atoms with Crippen molar-refractivity contribution in [2.24, 2.45) is 0 Å². The van der Waals surface area contributed by atoms with E-state index in [2.05, 4.69) is 21.2 Å². The van der Waals surface area contributed by atoms with Gasteiger partial charge in [0.15, 0.2) is 6.61 Å². The van der Waals surface area contributed by atoms with Crippen LogP contribution in [-0.2, 0) is 9.53 Å². The van der Waals surface area contributed by atoms with Crippen LogP contribution in [0.15, 0.2) is 46.9 Å². The normalized spacial score (nSPS) is 11.4. The van der Waals surface area contributed by atoms with E-state index in [9.17, 15) is 9.59 Å². The van der Waals surface area contributed by atoms with Gasteiger partial charge in [-0.2, -0.15) is 0 Å². The summed E-state index contributed by atoms with van der Waals surface area (Å²) in [5, 5.41) is 2.78. The molecule has 2 aromatic carbocycles. The lowest BCUT2D eigenvalue weighted by molar-refractivity contribution is -0.124. The van der Waals surface area contributed by atoms with E-state index in [0.29, 0.717) is 17.1 Å². The summed E-state index contributed by atoms with van der Waals surface area (Å²) in [6, 6.07) is 11.7. The Balaban J connectivity index is 1.96. The molecule has 138 valence electrons. The second-order valence-corrected chi connectivity index (χ2v) is 6.40. The van der Waals surface area contributed by atoms with Gasteiger partial charge in [-0.15, -0.1) is 0 Å². The van der Waals surface area contributed by atoms with Gasteiger partial charge in [-0.05, 0) is 43.3 Å². The van der Waals surface area contributed by atoms with E-state index in [1.807, 2.05) is 6.92 Å². The molecule has 2 aromatic rings. The van der Waals surface area contributed by atoms with Crippen LogP contribution in [0.4, 0.5) is 0 Å². The van der Waals surface area contributed by atoms with E-state index in [4.69, 9.17) is 14.2 Å². The van der Waals surface area contributed by atoms with Gasteiger partial charge in [0.1, 0.15) is 11.5 Å². The Morgan fingerprint density at radius 1 is 1.12 bits per heavy atom. The third-order valence-electron chi connectivity index (χ3n) is 3.68. The predicted molar refractivity (Wildman–Crippen MR) is 101 cm³/mol. The second-order valence-electron chi connectivity index (χ2n) is 5.48. The molecule has 1 atom stereocenters. The van der Waals surface area contributed by atoms with Crippen molar-refractivity contribution in [1.82, 2.24) is 5.32 Å². The summed E-state index contributed by atoms with van der Waals surface area (Å²) in [7, 11) is 3.12. The fourth-order valence-corrected chi connectivity index (χ4v) is 2.77. The third kappa shape index (κ3) is 5.23. The van der Waals surface area contributed by atoms with Gasteiger partial charge in [-0.1, -0.05) is 22.0 Å². The number of amides is 1. The molecule has 0 radical (unpaired) electrons. The van der Waals surface area contributed by atoms with Gasteiger partial charge in [-0.25, -0.2) is 4.79 Å². The molecule has 0 bridgehead atoms. The highest BCUT2D eigenvalue weighted by atomic mass is 79.9. The fourth-order valence-electron chi connectivity index (χ4n) is 2.37. The number of methoxy groups -OCH3 is 2. The number of carbonyl (C=O) groups is 2. The maximum Gasteiger partial charge on any atom is 0.338 e. The summed E-state index contributed by atoms with van der Waals surface area (Å²) >= 11 is 3.29. The lowest BCUT2D eigenvalue weighted by Gasteiger charge is -2.18. The summed E-state index contributed by atoms with van der Waals surface area (Å²) < 4.78 is 16.3. The van der Waals surface area contributed by atoms with Gasteiger partial charge in [-0.3, -0.25) is 4.79 Å². The molecule has 0 aliphatic heterocycles. The fraction of sp³-hybridized carbons (Fsp3) is 0.263. The molecule has 0 saturated carbocycles. The summed E-state index contributed by atoms with van der Waals surface area (Å²) in [6.07, 6.45) is 0. The molecule has 0 saturated heterocycles. The topological polar surface area (TPSA) is 73.9 Å². The standard InChI is InChI=1S/C19H20BrNO5/c1-12(16-10-15(24-2)7-8-17(16)25-3)21-18(22)11-26-19(23)13-5-4-6-14(20)9-13/h4-10,12H,11H2,1-3H3,(H,21,22). The molecule has 7 heteroatoms. The number of benzene rings is 2. The molecule has 0 aromatic heterocycles. The van der Waals surface area contributed by atoms with Crippen LogP contribution in [0.2, 0.25) is 0 Å². The summed E-state index contributed by atoms with van der Waals surface area (Å²) in [5.74, 6) is 0.312. The molecule has 0 aliphatic rings. The molecule has 0 heterocycles. The molecule has 1 unspecified atom stereocenters. The molecule has 26 heavy (non-hydrogen) atoms. The minimum absolute atomic E-state index is 0.350. The van der Waals surface area contributed by atoms with Gasteiger partial charge in [0.2, 0.25) is 0 Å². The average molecular weight is 422 g/mol. The first-order valence-electron chi connectivity index (χ1n) is 7.88. The number of halogens is 1. The van der Waals surface area contributed by atoms with E-state index in [1.165, 1.54) is 0 Å².